The van der Waals surface area contributed by atoms with Crippen LogP contribution in [0.5, 0.6) is 0 Å². The first-order chi connectivity index (χ1) is 9.76. The molecule has 0 nitrogen and oxygen atoms in total. The van der Waals surface area contributed by atoms with E-state index in [4.69, 9.17) is 0 Å². The molecule has 1 aromatic rings. The van der Waals surface area contributed by atoms with Gasteiger partial charge in [0.25, 0.3) is 0 Å². The van der Waals surface area contributed by atoms with Gasteiger partial charge in [-0.1, -0.05) is 78.1 Å². The zero-order valence-electron chi connectivity index (χ0n) is 13.6. The summed E-state index contributed by atoms with van der Waals surface area (Å²) >= 11 is 5.82. The first kappa shape index (κ1) is 24.2. The Kier molecular flexibility index (Phi) is 28.1. The molecule has 20 heavy (non-hydrogen) atoms. The van der Waals surface area contributed by atoms with Gasteiger partial charge in [-0.3, -0.25) is 0 Å². The highest BCUT2D eigenvalue weighted by Crippen LogP contribution is 2.12. The molecule has 114 valence electrons. The highest BCUT2D eigenvalue weighted by atomic mass is 32.2. The summed E-state index contributed by atoms with van der Waals surface area (Å²) in [5, 5.41) is 3.85. The molecular weight excluding hydrogens is 280 g/mol. The fourth-order valence-corrected chi connectivity index (χ4v) is 1.53. The fraction of sp³-hybridized carbons (Fsp3) is 0.333. The van der Waals surface area contributed by atoms with Gasteiger partial charge in [0, 0.05) is 4.90 Å². The Morgan fingerprint density at radius 3 is 2.00 bits per heavy atom. The van der Waals surface area contributed by atoms with Crippen molar-refractivity contribution in [2.24, 2.45) is 0 Å². The number of hydrogen-bond donors (Lipinski definition) is 1. The van der Waals surface area contributed by atoms with Crippen LogP contribution in [0.25, 0.3) is 6.08 Å². The Bertz CT molecular complexity index is 341. The predicted octanol–water partition coefficient (Wildman–Crippen LogP) is 7.46. The van der Waals surface area contributed by atoms with Crippen LogP contribution in [0.2, 0.25) is 0 Å². The molecule has 0 heterocycles. The molecule has 1 aromatic carbocycles. The van der Waals surface area contributed by atoms with E-state index in [0.717, 1.165) is 16.9 Å². The van der Waals surface area contributed by atoms with Crippen LogP contribution in [-0.4, -0.2) is 0 Å². The Morgan fingerprint density at radius 2 is 1.65 bits per heavy atom. The minimum absolute atomic E-state index is 0.979. The van der Waals surface area contributed by atoms with Crippen LogP contribution >= 0.6 is 24.4 Å². The topological polar surface area (TPSA) is 0 Å². The van der Waals surface area contributed by atoms with Crippen LogP contribution in [0.1, 0.15) is 46.6 Å². The summed E-state index contributed by atoms with van der Waals surface area (Å²) in [5.41, 5.74) is 1.08. The number of benzene rings is 1. The summed E-state index contributed by atoms with van der Waals surface area (Å²) in [7, 11) is 0. The van der Waals surface area contributed by atoms with E-state index in [1.54, 1.807) is 17.8 Å². The van der Waals surface area contributed by atoms with E-state index in [2.05, 4.69) is 38.8 Å². The van der Waals surface area contributed by atoms with Crippen molar-refractivity contribution in [3.05, 3.63) is 59.9 Å². The van der Waals surface area contributed by atoms with Crippen LogP contribution in [0.3, 0.4) is 0 Å². The predicted molar refractivity (Wildman–Crippen MR) is 104 cm³/mol. The smallest absolute Gasteiger partial charge is 0.0112 e. The van der Waals surface area contributed by atoms with E-state index < -0.39 is 0 Å². The zero-order chi connectivity index (χ0) is 16.2. The van der Waals surface area contributed by atoms with E-state index in [1.807, 2.05) is 62.8 Å². The third-order valence-corrected chi connectivity index (χ3v) is 2.61. The quantitative estimate of drug-likeness (QED) is 0.563. The third kappa shape index (κ3) is 17.1. The molecule has 0 aliphatic rings. The SMILES string of the molecule is C=CS/C=C\CC.C=Cc1ccccc1S.CC.CC. The average Bonchev–Trinajstić information content (AvgIpc) is 2.53. The molecule has 0 atom stereocenters. The molecule has 0 fully saturated rings. The summed E-state index contributed by atoms with van der Waals surface area (Å²) in [6, 6.07) is 7.85. The van der Waals surface area contributed by atoms with Gasteiger partial charge in [-0.05, 0) is 28.9 Å². The molecule has 0 amide bonds. The largest absolute Gasteiger partial charge is 0.143 e. The second-order valence-corrected chi connectivity index (χ2v) is 4.21. The highest BCUT2D eigenvalue weighted by Gasteiger charge is 1.87. The van der Waals surface area contributed by atoms with Crippen molar-refractivity contribution in [2.75, 3.05) is 0 Å². The lowest BCUT2D eigenvalue weighted by Crippen LogP contribution is -1.71. The lowest BCUT2D eigenvalue weighted by molar-refractivity contribution is 1.23. The standard InChI is InChI=1S/C8H8S.C6H10S.2C2H6/c1-2-7-5-3-4-6-8(7)9;1-3-5-6-7-4-2;2*1-2/h2-6,9H,1H2;4-6H,2-3H2,1H3;2*1-2H3/b;6-5-;;. The van der Waals surface area contributed by atoms with E-state index in [9.17, 15) is 0 Å². The van der Waals surface area contributed by atoms with Crippen molar-refractivity contribution >= 4 is 30.5 Å². The van der Waals surface area contributed by atoms with Crippen molar-refractivity contribution in [1.29, 1.82) is 0 Å². The molecule has 0 N–H and O–H groups in total. The number of hydrogen-bond acceptors (Lipinski definition) is 2. The van der Waals surface area contributed by atoms with Gasteiger partial charge in [0.05, 0.1) is 0 Å². The molecule has 0 spiro atoms. The second-order valence-electron chi connectivity index (χ2n) is 2.85. The normalized spacial score (nSPS) is 8.10. The monoisotopic (exact) mass is 310 g/mol. The summed E-state index contributed by atoms with van der Waals surface area (Å²) < 4.78 is 0. The molecule has 0 aliphatic heterocycles. The molecule has 0 bridgehead atoms. The van der Waals surface area contributed by atoms with Crippen molar-refractivity contribution < 1.29 is 0 Å². The molecule has 0 aromatic heterocycles. The maximum absolute atomic E-state index is 4.21. The van der Waals surface area contributed by atoms with Gasteiger partial charge in [0.1, 0.15) is 0 Å². The number of thioether (sulfide) groups is 1. The number of rotatable bonds is 4. The van der Waals surface area contributed by atoms with Gasteiger partial charge in [0.2, 0.25) is 0 Å². The van der Waals surface area contributed by atoms with E-state index in [0.29, 0.717) is 0 Å². The molecule has 2 heteroatoms. The molecule has 0 saturated heterocycles. The zero-order valence-corrected chi connectivity index (χ0v) is 15.3. The summed E-state index contributed by atoms with van der Waals surface area (Å²) in [5.74, 6) is 0. The van der Waals surface area contributed by atoms with Crippen LogP contribution in [0.4, 0.5) is 0 Å². The van der Waals surface area contributed by atoms with E-state index in [1.165, 1.54) is 0 Å². The van der Waals surface area contributed by atoms with Crippen molar-refractivity contribution in [3.63, 3.8) is 0 Å². The summed E-state index contributed by atoms with van der Waals surface area (Å²) in [4.78, 5) is 0.979. The Balaban J connectivity index is -0.000000236. The molecule has 0 aliphatic carbocycles. The van der Waals surface area contributed by atoms with Crippen LogP contribution in [-0.2, 0) is 0 Å². The van der Waals surface area contributed by atoms with Gasteiger partial charge in [-0.15, -0.1) is 24.4 Å². The second kappa shape index (κ2) is 23.2. The van der Waals surface area contributed by atoms with E-state index in [-0.39, 0.29) is 0 Å². The van der Waals surface area contributed by atoms with Crippen molar-refractivity contribution in [2.45, 2.75) is 45.9 Å². The summed E-state index contributed by atoms with van der Waals surface area (Å²) in [6.45, 7) is 17.3. The first-order valence-corrected chi connectivity index (χ1v) is 8.47. The van der Waals surface area contributed by atoms with Crippen LogP contribution < -0.4 is 0 Å². The van der Waals surface area contributed by atoms with Crippen LogP contribution in [0, 0.1) is 0 Å². The lowest BCUT2D eigenvalue weighted by Gasteiger charge is -1.94. The lowest BCUT2D eigenvalue weighted by atomic mass is 10.2. The Hall–Kier alpha value is -0.860. The Morgan fingerprint density at radius 1 is 1.10 bits per heavy atom. The molecule has 0 radical (unpaired) electrons. The molecule has 0 saturated carbocycles. The van der Waals surface area contributed by atoms with Gasteiger partial charge >= 0.3 is 0 Å². The van der Waals surface area contributed by atoms with E-state index >= 15 is 0 Å². The number of allylic oxidation sites excluding steroid dienone is 1. The van der Waals surface area contributed by atoms with Gasteiger partial charge in [0.15, 0.2) is 0 Å². The highest BCUT2D eigenvalue weighted by molar-refractivity contribution is 8.04. The number of thiol groups is 1. The van der Waals surface area contributed by atoms with Crippen molar-refractivity contribution in [3.8, 4) is 0 Å². The van der Waals surface area contributed by atoms with Gasteiger partial charge in [-0.2, -0.15) is 0 Å². The average molecular weight is 311 g/mol. The van der Waals surface area contributed by atoms with Gasteiger partial charge in [-0.25, -0.2) is 0 Å². The van der Waals surface area contributed by atoms with Crippen LogP contribution in [0.15, 0.2) is 59.2 Å². The molecule has 0 unspecified atom stereocenters. The van der Waals surface area contributed by atoms with Gasteiger partial charge < -0.3 is 0 Å². The summed E-state index contributed by atoms with van der Waals surface area (Å²) in [6.07, 6.45) is 5.01. The minimum atomic E-state index is 0.979. The fourth-order valence-electron chi connectivity index (χ4n) is 0.867. The Labute approximate surface area is 136 Å². The minimum Gasteiger partial charge on any atom is -0.143 e. The maximum atomic E-state index is 4.21. The maximum Gasteiger partial charge on any atom is 0.0112 e. The first-order valence-electron chi connectivity index (χ1n) is 7.08. The van der Waals surface area contributed by atoms with Crippen molar-refractivity contribution in [1.82, 2.24) is 0 Å². The third-order valence-electron chi connectivity index (χ3n) is 1.66. The molecule has 1 rings (SSSR count). The molecular formula is C18H30S2.